The minimum atomic E-state index is -0.913. The van der Waals surface area contributed by atoms with Gasteiger partial charge in [0.1, 0.15) is 6.54 Å². The van der Waals surface area contributed by atoms with Crippen molar-refractivity contribution in [1.82, 2.24) is 0 Å². The molecule has 0 amide bonds. The lowest BCUT2D eigenvalue weighted by atomic mass is 9.95. The molecule has 1 aliphatic heterocycles. The summed E-state index contributed by atoms with van der Waals surface area (Å²) in [5, 5.41) is 9.99. The molecule has 3 rings (SSSR count). The quantitative estimate of drug-likeness (QED) is 0.907. The number of halogens is 2. The Labute approximate surface area is 126 Å². The number of rotatable bonds is 2. The van der Waals surface area contributed by atoms with Gasteiger partial charge in [-0.1, -0.05) is 47.5 Å². The number of benzene rings is 2. The Morgan fingerprint density at radius 1 is 1.15 bits per heavy atom. The topological polar surface area (TPSA) is 40.5 Å². The second-order valence-corrected chi connectivity index (χ2v) is 5.44. The number of carboxylic acid groups (broad SMARTS) is 1. The van der Waals surface area contributed by atoms with Crippen LogP contribution in [-0.2, 0) is 11.2 Å². The number of fused-ring (bicyclic) bond motifs is 2. The minimum Gasteiger partial charge on any atom is -0.480 e. The highest BCUT2D eigenvalue weighted by Crippen LogP contribution is 2.44. The van der Waals surface area contributed by atoms with E-state index < -0.39 is 5.97 Å². The highest BCUT2D eigenvalue weighted by molar-refractivity contribution is 6.44. The van der Waals surface area contributed by atoms with Crippen molar-refractivity contribution in [2.45, 2.75) is 6.42 Å². The Kier molecular flexibility index (Phi) is 3.32. The summed E-state index contributed by atoms with van der Waals surface area (Å²) in [4.78, 5) is 12.9. The first-order valence-corrected chi connectivity index (χ1v) is 6.87. The third kappa shape index (κ3) is 2.13. The van der Waals surface area contributed by atoms with Crippen molar-refractivity contribution in [1.29, 1.82) is 0 Å². The molecule has 1 heterocycles. The fourth-order valence-corrected chi connectivity index (χ4v) is 3.00. The summed E-state index contributed by atoms with van der Waals surface area (Å²) >= 11 is 12.4. The Balaban J connectivity index is 2.22. The molecular formula is C15H11Cl2NO2. The number of hydrogen-bond acceptors (Lipinski definition) is 2. The molecule has 0 saturated heterocycles. The van der Waals surface area contributed by atoms with E-state index in [-0.39, 0.29) is 6.54 Å². The van der Waals surface area contributed by atoms with E-state index in [1.807, 2.05) is 30.3 Å². The molecule has 0 radical (unpaired) electrons. The minimum absolute atomic E-state index is 0.149. The predicted molar refractivity (Wildman–Crippen MR) is 80.4 cm³/mol. The van der Waals surface area contributed by atoms with Crippen LogP contribution < -0.4 is 4.90 Å². The Morgan fingerprint density at radius 3 is 2.65 bits per heavy atom. The van der Waals surface area contributed by atoms with Gasteiger partial charge >= 0.3 is 5.97 Å². The van der Waals surface area contributed by atoms with E-state index in [1.165, 1.54) is 0 Å². The van der Waals surface area contributed by atoms with Crippen LogP contribution in [0.5, 0.6) is 0 Å². The summed E-state index contributed by atoms with van der Waals surface area (Å²) in [5.74, 6) is -0.913. The molecule has 0 spiro atoms. The van der Waals surface area contributed by atoms with Crippen molar-refractivity contribution in [3.63, 3.8) is 0 Å². The van der Waals surface area contributed by atoms with Crippen LogP contribution >= 0.6 is 23.2 Å². The molecule has 0 saturated carbocycles. The maximum Gasteiger partial charge on any atom is 0.323 e. The molecule has 20 heavy (non-hydrogen) atoms. The average molecular weight is 308 g/mol. The van der Waals surface area contributed by atoms with Crippen LogP contribution in [0.15, 0.2) is 36.4 Å². The van der Waals surface area contributed by atoms with E-state index >= 15 is 0 Å². The van der Waals surface area contributed by atoms with Crippen LogP contribution in [0.1, 0.15) is 11.1 Å². The van der Waals surface area contributed by atoms with Crippen LogP contribution in [0.3, 0.4) is 0 Å². The first kappa shape index (κ1) is 13.3. The van der Waals surface area contributed by atoms with Gasteiger partial charge in [0.2, 0.25) is 0 Å². The molecule has 0 aromatic heterocycles. The molecule has 0 unspecified atom stereocenters. The molecule has 102 valence electrons. The molecule has 0 fully saturated rings. The molecule has 0 aliphatic carbocycles. The van der Waals surface area contributed by atoms with Crippen molar-refractivity contribution >= 4 is 40.5 Å². The molecule has 2 aromatic rings. The number of anilines is 2. The summed E-state index contributed by atoms with van der Waals surface area (Å²) in [5.41, 5.74) is 3.63. The normalized spacial score (nSPS) is 12.8. The van der Waals surface area contributed by atoms with Gasteiger partial charge in [-0.25, -0.2) is 0 Å². The van der Waals surface area contributed by atoms with Crippen LogP contribution in [-0.4, -0.2) is 17.6 Å². The largest absolute Gasteiger partial charge is 0.480 e. The number of aliphatic carboxylic acids is 1. The van der Waals surface area contributed by atoms with Gasteiger partial charge in [0.25, 0.3) is 0 Å². The lowest BCUT2D eigenvalue weighted by Crippen LogP contribution is -2.29. The fourth-order valence-electron chi connectivity index (χ4n) is 2.56. The summed E-state index contributed by atoms with van der Waals surface area (Å²) in [6.07, 6.45) is 0.721. The standard InChI is InChI=1S/C15H11Cl2NO2/c16-11-6-5-10-7-9-3-1-2-4-12(9)18(8-13(19)20)15(10)14(11)17/h1-6H,7-8H2,(H,19,20). The first-order chi connectivity index (χ1) is 9.58. The zero-order valence-corrected chi connectivity index (χ0v) is 11.9. The van der Waals surface area contributed by atoms with Gasteiger partial charge in [0, 0.05) is 12.1 Å². The highest BCUT2D eigenvalue weighted by atomic mass is 35.5. The monoisotopic (exact) mass is 307 g/mol. The van der Waals surface area contributed by atoms with Gasteiger partial charge in [-0.2, -0.15) is 0 Å². The van der Waals surface area contributed by atoms with Gasteiger partial charge in [0.05, 0.1) is 15.7 Å². The molecular weight excluding hydrogens is 297 g/mol. The van der Waals surface area contributed by atoms with E-state index in [0.29, 0.717) is 15.7 Å². The van der Waals surface area contributed by atoms with E-state index in [9.17, 15) is 4.79 Å². The molecule has 1 N–H and O–H groups in total. The van der Waals surface area contributed by atoms with Crippen LogP contribution in [0.25, 0.3) is 0 Å². The second-order valence-electron chi connectivity index (χ2n) is 4.65. The third-order valence-corrected chi connectivity index (χ3v) is 4.17. The maximum absolute atomic E-state index is 11.2. The summed E-state index contributed by atoms with van der Waals surface area (Å²) in [6.45, 7) is -0.149. The number of carboxylic acids is 1. The van der Waals surface area contributed by atoms with E-state index in [2.05, 4.69) is 0 Å². The van der Waals surface area contributed by atoms with Crippen LogP contribution in [0.4, 0.5) is 11.4 Å². The lowest BCUT2D eigenvalue weighted by Gasteiger charge is -2.33. The third-order valence-electron chi connectivity index (χ3n) is 3.38. The van der Waals surface area contributed by atoms with Gasteiger partial charge in [-0.05, 0) is 23.3 Å². The van der Waals surface area contributed by atoms with Gasteiger partial charge in [-0.3, -0.25) is 4.79 Å². The van der Waals surface area contributed by atoms with Crippen molar-refractivity contribution < 1.29 is 9.90 Å². The van der Waals surface area contributed by atoms with E-state index in [1.54, 1.807) is 11.0 Å². The smallest absolute Gasteiger partial charge is 0.323 e. The van der Waals surface area contributed by atoms with Crippen molar-refractivity contribution in [3.8, 4) is 0 Å². The van der Waals surface area contributed by atoms with E-state index in [0.717, 1.165) is 23.2 Å². The lowest BCUT2D eigenvalue weighted by molar-refractivity contribution is -0.135. The molecule has 5 heteroatoms. The fraction of sp³-hybridized carbons (Fsp3) is 0.133. The number of para-hydroxylation sites is 1. The summed E-state index contributed by atoms with van der Waals surface area (Å²) in [7, 11) is 0. The molecule has 0 atom stereocenters. The molecule has 1 aliphatic rings. The first-order valence-electron chi connectivity index (χ1n) is 6.12. The number of hydrogen-bond donors (Lipinski definition) is 1. The van der Waals surface area contributed by atoms with Gasteiger partial charge in [0.15, 0.2) is 0 Å². The van der Waals surface area contributed by atoms with Crippen LogP contribution in [0, 0.1) is 0 Å². The Morgan fingerprint density at radius 2 is 1.90 bits per heavy atom. The summed E-state index contributed by atoms with van der Waals surface area (Å²) in [6, 6.07) is 11.4. The molecule has 2 aromatic carbocycles. The van der Waals surface area contributed by atoms with Crippen LogP contribution in [0.2, 0.25) is 10.0 Å². The maximum atomic E-state index is 11.2. The van der Waals surface area contributed by atoms with Crippen molar-refractivity contribution in [2.75, 3.05) is 11.4 Å². The second kappa shape index (κ2) is 5.00. The molecule has 0 bridgehead atoms. The number of carbonyl (C=O) groups is 1. The summed E-state index contributed by atoms with van der Waals surface area (Å²) < 4.78 is 0. The Bertz CT molecular complexity index is 700. The van der Waals surface area contributed by atoms with Crippen molar-refractivity contribution in [3.05, 3.63) is 57.6 Å². The zero-order chi connectivity index (χ0) is 14.3. The number of nitrogens with zero attached hydrogens (tertiary/aromatic N) is 1. The zero-order valence-electron chi connectivity index (χ0n) is 10.4. The average Bonchev–Trinajstić information content (AvgIpc) is 2.42. The predicted octanol–water partition coefficient (Wildman–Crippen LogP) is 4.12. The highest BCUT2D eigenvalue weighted by Gasteiger charge is 2.27. The SMILES string of the molecule is O=C(O)CN1c2ccccc2Cc2ccc(Cl)c(Cl)c21. The van der Waals surface area contributed by atoms with Crippen molar-refractivity contribution in [2.24, 2.45) is 0 Å². The Hall–Kier alpha value is -1.71. The molecule has 3 nitrogen and oxygen atoms in total. The van der Waals surface area contributed by atoms with E-state index in [4.69, 9.17) is 28.3 Å². The van der Waals surface area contributed by atoms with Gasteiger partial charge < -0.3 is 10.0 Å². The van der Waals surface area contributed by atoms with Gasteiger partial charge in [-0.15, -0.1) is 0 Å².